The number of fused-ring (bicyclic) bond motifs is 1. The number of guanidine groups is 1. The van der Waals surface area contributed by atoms with Gasteiger partial charge in [-0.1, -0.05) is 12.1 Å². The normalized spacial score (nSPS) is 14.1. The average Bonchev–Trinajstić information content (AvgIpc) is 3.06. The second-order valence-corrected chi connectivity index (χ2v) is 6.25. The molecule has 0 unspecified atom stereocenters. The first kappa shape index (κ1) is 17.3. The van der Waals surface area contributed by atoms with Crippen LogP contribution in [0.3, 0.4) is 0 Å². The molecule has 1 aromatic carbocycles. The van der Waals surface area contributed by atoms with Crippen molar-refractivity contribution in [3.63, 3.8) is 0 Å². The fourth-order valence-corrected chi connectivity index (χ4v) is 3.12. The summed E-state index contributed by atoms with van der Waals surface area (Å²) in [6.45, 7) is 2.41. The fraction of sp³-hybridized carbons (Fsp3) is 0.500. The molecule has 0 saturated carbocycles. The molecule has 2 aromatic rings. The molecule has 25 heavy (non-hydrogen) atoms. The van der Waals surface area contributed by atoms with Crippen molar-refractivity contribution in [1.29, 1.82) is 0 Å². The first-order chi connectivity index (χ1) is 12.2. The van der Waals surface area contributed by atoms with Gasteiger partial charge in [0.15, 0.2) is 11.8 Å². The van der Waals surface area contributed by atoms with Gasteiger partial charge < -0.3 is 19.5 Å². The van der Waals surface area contributed by atoms with E-state index in [9.17, 15) is 0 Å². The number of aryl methyl sites for hydroxylation is 1. The smallest absolute Gasteiger partial charge is 0.194 e. The summed E-state index contributed by atoms with van der Waals surface area (Å²) in [5.41, 5.74) is 1.20. The summed E-state index contributed by atoms with van der Waals surface area (Å²) < 4.78 is 7.43. The number of aliphatic imine (C=N–C) groups is 1. The van der Waals surface area contributed by atoms with Gasteiger partial charge in [-0.25, -0.2) is 0 Å². The SMILES string of the molecule is CN=C(NCc1nnc2n1CCCC2)N(C)Cc1ccc(OC)cc1. The number of aromatic nitrogens is 3. The molecule has 1 N–H and O–H groups in total. The Morgan fingerprint density at radius 2 is 2.08 bits per heavy atom. The monoisotopic (exact) mass is 342 g/mol. The minimum Gasteiger partial charge on any atom is -0.497 e. The van der Waals surface area contributed by atoms with Gasteiger partial charge in [0.25, 0.3) is 0 Å². The van der Waals surface area contributed by atoms with Crippen LogP contribution >= 0.6 is 0 Å². The lowest BCUT2D eigenvalue weighted by Crippen LogP contribution is -2.38. The predicted molar refractivity (Wildman–Crippen MR) is 97.6 cm³/mol. The molecule has 134 valence electrons. The molecule has 0 spiro atoms. The Morgan fingerprint density at radius 1 is 1.28 bits per heavy atom. The van der Waals surface area contributed by atoms with Crippen LogP contribution in [0.25, 0.3) is 0 Å². The molecule has 1 aromatic heterocycles. The number of hydrogen-bond donors (Lipinski definition) is 1. The van der Waals surface area contributed by atoms with Crippen molar-refractivity contribution in [2.24, 2.45) is 4.99 Å². The Morgan fingerprint density at radius 3 is 2.80 bits per heavy atom. The summed E-state index contributed by atoms with van der Waals surface area (Å²) in [5, 5.41) is 12.0. The van der Waals surface area contributed by atoms with E-state index < -0.39 is 0 Å². The minimum absolute atomic E-state index is 0.632. The van der Waals surface area contributed by atoms with Gasteiger partial charge in [0.1, 0.15) is 11.6 Å². The first-order valence-corrected chi connectivity index (χ1v) is 8.67. The molecule has 2 heterocycles. The second kappa shape index (κ2) is 8.00. The van der Waals surface area contributed by atoms with Crippen LogP contribution in [-0.2, 0) is 26.1 Å². The summed E-state index contributed by atoms with van der Waals surface area (Å²) in [7, 11) is 5.50. The summed E-state index contributed by atoms with van der Waals surface area (Å²) in [6, 6.07) is 8.08. The predicted octanol–water partition coefficient (Wildman–Crippen LogP) is 1.83. The van der Waals surface area contributed by atoms with Gasteiger partial charge in [-0.2, -0.15) is 0 Å². The van der Waals surface area contributed by atoms with Gasteiger partial charge in [0.2, 0.25) is 0 Å². The number of nitrogens with one attached hydrogen (secondary N) is 1. The standard InChI is InChI=1S/C18H26N6O/c1-19-18(23(2)13-14-7-9-15(25-3)10-8-14)20-12-17-22-21-16-6-4-5-11-24(16)17/h7-10H,4-6,11-13H2,1-3H3,(H,19,20). The summed E-state index contributed by atoms with van der Waals surface area (Å²) in [5.74, 6) is 3.78. The van der Waals surface area contributed by atoms with Gasteiger partial charge >= 0.3 is 0 Å². The van der Waals surface area contributed by atoms with E-state index in [0.717, 1.165) is 42.9 Å². The van der Waals surface area contributed by atoms with Crippen molar-refractivity contribution in [3.8, 4) is 5.75 Å². The van der Waals surface area contributed by atoms with Crippen molar-refractivity contribution >= 4 is 5.96 Å². The molecule has 0 amide bonds. The molecule has 0 saturated heterocycles. The quantitative estimate of drug-likeness (QED) is 0.663. The molecule has 0 fully saturated rings. The van der Waals surface area contributed by atoms with E-state index in [1.165, 1.54) is 18.4 Å². The van der Waals surface area contributed by atoms with E-state index in [4.69, 9.17) is 4.74 Å². The molecule has 0 bridgehead atoms. The van der Waals surface area contributed by atoms with E-state index in [-0.39, 0.29) is 0 Å². The van der Waals surface area contributed by atoms with E-state index >= 15 is 0 Å². The summed E-state index contributed by atoms with van der Waals surface area (Å²) in [4.78, 5) is 6.47. The van der Waals surface area contributed by atoms with Crippen LogP contribution in [0, 0.1) is 0 Å². The highest BCUT2D eigenvalue weighted by Crippen LogP contribution is 2.15. The lowest BCUT2D eigenvalue weighted by atomic mass is 10.2. The Hall–Kier alpha value is -2.57. The van der Waals surface area contributed by atoms with E-state index in [2.05, 4.69) is 42.1 Å². The van der Waals surface area contributed by atoms with Crippen molar-refractivity contribution in [3.05, 3.63) is 41.5 Å². The molecular formula is C18H26N6O. The summed E-state index contributed by atoms with van der Waals surface area (Å²) >= 11 is 0. The topological polar surface area (TPSA) is 67.6 Å². The van der Waals surface area contributed by atoms with Crippen LogP contribution in [0.5, 0.6) is 5.75 Å². The number of hydrogen-bond acceptors (Lipinski definition) is 4. The van der Waals surface area contributed by atoms with Crippen LogP contribution in [0.2, 0.25) is 0 Å². The van der Waals surface area contributed by atoms with Crippen LogP contribution in [-0.4, -0.2) is 46.8 Å². The zero-order chi connectivity index (χ0) is 17.6. The largest absolute Gasteiger partial charge is 0.497 e. The Kier molecular flexibility index (Phi) is 5.53. The highest BCUT2D eigenvalue weighted by Gasteiger charge is 2.16. The van der Waals surface area contributed by atoms with E-state index in [1.54, 1.807) is 14.2 Å². The van der Waals surface area contributed by atoms with Crippen molar-refractivity contribution in [2.75, 3.05) is 21.2 Å². The highest BCUT2D eigenvalue weighted by atomic mass is 16.5. The molecular weight excluding hydrogens is 316 g/mol. The number of rotatable bonds is 5. The van der Waals surface area contributed by atoms with Crippen molar-refractivity contribution in [2.45, 2.75) is 38.9 Å². The lowest BCUT2D eigenvalue weighted by Gasteiger charge is -2.22. The maximum Gasteiger partial charge on any atom is 0.194 e. The molecule has 7 heteroatoms. The molecule has 3 rings (SSSR count). The van der Waals surface area contributed by atoms with Crippen LogP contribution in [0.15, 0.2) is 29.3 Å². The van der Waals surface area contributed by atoms with Gasteiger partial charge in [-0.05, 0) is 30.5 Å². The molecule has 0 radical (unpaired) electrons. The lowest BCUT2D eigenvalue weighted by molar-refractivity contribution is 0.414. The van der Waals surface area contributed by atoms with Crippen LogP contribution in [0.1, 0.15) is 30.1 Å². The van der Waals surface area contributed by atoms with Crippen LogP contribution < -0.4 is 10.1 Å². The molecule has 1 aliphatic rings. The molecule has 0 aliphatic carbocycles. The zero-order valence-corrected chi connectivity index (χ0v) is 15.2. The van der Waals surface area contributed by atoms with Gasteiger partial charge in [0.05, 0.1) is 13.7 Å². The molecule has 7 nitrogen and oxygen atoms in total. The van der Waals surface area contributed by atoms with Gasteiger partial charge in [-0.3, -0.25) is 4.99 Å². The average molecular weight is 342 g/mol. The fourth-order valence-electron chi connectivity index (χ4n) is 3.12. The Labute approximate surface area is 148 Å². The van der Waals surface area contributed by atoms with E-state index in [0.29, 0.717) is 6.54 Å². The minimum atomic E-state index is 0.632. The number of ether oxygens (including phenoxy) is 1. The third kappa shape index (κ3) is 4.10. The number of methoxy groups -OCH3 is 1. The maximum absolute atomic E-state index is 5.20. The summed E-state index contributed by atoms with van der Waals surface area (Å²) in [6.07, 6.45) is 3.43. The Balaban J connectivity index is 1.59. The third-order valence-electron chi connectivity index (χ3n) is 4.49. The van der Waals surface area contributed by atoms with Crippen molar-refractivity contribution < 1.29 is 4.74 Å². The van der Waals surface area contributed by atoms with Crippen LogP contribution in [0.4, 0.5) is 0 Å². The van der Waals surface area contributed by atoms with E-state index in [1.807, 2.05) is 19.2 Å². The first-order valence-electron chi connectivity index (χ1n) is 8.67. The number of benzene rings is 1. The molecule has 1 aliphatic heterocycles. The maximum atomic E-state index is 5.20. The number of nitrogens with zero attached hydrogens (tertiary/aromatic N) is 5. The van der Waals surface area contributed by atoms with Gasteiger partial charge in [0, 0.05) is 33.6 Å². The van der Waals surface area contributed by atoms with Crippen molar-refractivity contribution in [1.82, 2.24) is 25.0 Å². The zero-order valence-electron chi connectivity index (χ0n) is 15.2. The Bertz CT molecular complexity index is 722. The molecule has 0 atom stereocenters. The highest BCUT2D eigenvalue weighted by molar-refractivity contribution is 5.79. The van der Waals surface area contributed by atoms with Gasteiger partial charge in [-0.15, -0.1) is 10.2 Å². The second-order valence-electron chi connectivity index (χ2n) is 6.25. The third-order valence-corrected chi connectivity index (χ3v) is 4.49.